The number of aliphatic hydroxyl groups excluding tert-OH is 1. The summed E-state index contributed by atoms with van der Waals surface area (Å²) in [7, 11) is 1.31. The fourth-order valence-corrected chi connectivity index (χ4v) is 8.23. The van der Waals surface area contributed by atoms with Crippen molar-refractivity contribution in [3.63, 3.8) is 0 Å². The number of likely N-dealkylation sites (N-methyl/N-ethyl adjacent to an activating group) is 1. The lowest BCUT2D eigenvalue weighted by molar-refractivity contribution is -0.870. The van der Waals surface area contributed by atoms with Gasteiger partial charge in [-0.3, -0.25) is 9.36 Å². The van der Waals surface area contributed by atoms with Crippen molar-refractivity contribution in [2.24, 2.45) is 0 Å². The SMILES string of the molecule is CCCCCCCCCCC/C=C\CCCCCCCCCC(=O)NC(COP(=O)([O-])OCC[N+](C)(C)C)C(O)CCCCCCCCCCCCCCCCCC. The molecule has 0 bridgehead atoms. The zero-order valence-corrected chi connectivity index (χ0v) is 40.2. The van der Waals surface area contributed by atoms with Gasteiger partial charge in [-0.15, -0.1) is 0 Å². The Hall–Kier alpha value is -0.760. The number of phosphoric acid groups is 1. The van der Waals surface area contributed by atoms with E-state index in [9.17, 15) is 19.4 Å². The van der Waals surface area contributed by atoms with Crippen LogP contribution in [0.1, 0.15) is 245 Å². The third-order valence-electron chi connectivity index (χ3n) is 11.5. The lowest BCUT2D eigenvalue weighted by Crippen LogP contribution is -2.46. The van der Waals surface area contributed by atoms with E-state index >= 15 is 0 Å². The summed E-state index contributed by atoms with van der Waals surface area (Å²) in [6, 6.07) is -0.799. The predicted molar refractivity (Wildman–Crippen MR) is 247 cm³/mol. The molecule has 0 saturated heterocycles. The molecule has 9 heteroatoms. The Labute approximate surface area is 361 Å². The molecule has 58 heavy (non-hydrogen) atoms. The molecule has 0 radical (unpaired) electrons. The van der Waals surface area contributed by atoms with Gasteiger partial charge in [-0.1, -0.05) is 212 Å². The minimum atomic E-state index is -4.56. The molecule has 0 aliphatic rings. The van der Waals surface area contributed by atoms with E-state index in [1.165, 1.54) is 180 Å². The normalized spacial score (nSPS) is 14.3. The Balaban J connectivity index is 4.26. The zero-order valence-electron chi connectivity index (χ0n) is 39.3. The topological polar surface area (TPSA) is 108 Å². The number of nitrogens with one attached hydrogen (secondary N) is 1. The van der Waals surface area contributed by atoms with Crippen LogP contribution < -0.4 is 10.2 Å². The van der Waals surface area contributed by atoms with Crippen LogP contribution in [0.15, 0.2) is 12.2 Å². The van der Waals surface area contributed by atoms with Crippen LogP contribution in [0.2, 0.25) is 0 Å². The van der Waals surface area contributed by atoms with Crippen LogP contribution in [-0.2, 0) is 18.4 Å². The van der Waals surface area contributed by atoms with Gasteiger partial charge < -0.3 is 28.8 Å². The largest absolute Gasteiger partial charge is 0.756 e. The summed E-state index contributed by atoms with van der Waals surface area (Å²) in [6.45, 7) is 4.74. The first-order valence-electron chi connectivity index (χ1n) is 25.0. The lowest BCUT2D eigenvalue weighted by Gasteiger charge is -2.30. The molecule has 2 N–H and O–H groups in total. The van der Waals surface area contributed by atoms with E-state index in [2.05, 4.69) is 31.3 Å². The fraction of sp³-hybridized carbons (Fsp3) is 0.939. The summed E-state index contributed by atoms with van der Waals surface area (Å²) >= 11 is 0. The van der Waals surface area contributed by atoms with Gasteiger partial charge in [0.15, 0.2) is 0 Å². The monoisotopic (exact) mass is 843 g/mol. The van der Waals surface area contributed by atoms with Crippen LogP contribution in [0, 0.1) is 0 Å². The lowest BCUT2D eigenvalue weighted by atomic mass is 10.0. The van der Waals surface area contributed by atoms with Crippen LogP contribution in [-0.4, -0.2) is 68.5 Å². The maximum atomic E-state index is 12.9. The van der Waals surface area contributed by atoms with Gasteiger partial charge in [0.2, 0.25) is 5.91 Å². The number of allylic oxidation sites excluding steroid dienone is 2. The van der Waals surface area contributed by atoms with E-state index in [-0.39, 0.29) is 19.1 Å². The first-order valence-corrected chi connectivity index (χ1v) is 26.5. The van der Waals surface area contributed by atoms with Gasteiger partial charge in [-0.05, 0) is 38.5 Å². The number of rotatable bonds is 46. The molecule has 3 atom stereocenters. The minimum absolute atomic E-state index is 0.0134. The molecule has 0 aliphatic carbocycles. The van der Waals surface area contributed by atoms with Gasteiger partial charge in [-0.2, -0.15) is 0 Å². The Morgan fingerprint density at radius 3 is 1.34 bits per heavy atom. The van der Waals surface area contributed by atoms with Crippen molar-refractivity contribution in [2.75, 3.05) is 40.9 Å². The highest BCUT2D eigenvalue weighted by molar-refractivity contribution is 7.45. The molecule has 0 spiro atoms. The van der Waals surface area contributed by atoms with Crippen molar-refractivity contribution >= 4 is 13.7 Å². The minimum Gasteiger partial charge on any atom is -0.756 e. The van der Waals surface area contributed by atoms with E-state index in [4.69, 9.17) is 9.05 Å². The Kier molecular flexibility index (Phi) is 41.0. The number of nitrogens with zero attached hydrogens (tertiary/aromatic N) is 1. The Bertz CT molecular complexity index is 958. The molecular weight excluding hydrogens is 744 g/mol. The summed E-state index contributed by atoms with van der Waals surface area (Å²) in [5.74, 6) is -0.166. The first kappa shape index (κ1) is 57.2. The summed E-state index contributed by atoms with van der Waals surface area (Å²) < 4.78 is 23.3. The van der Waals surface area contributed by atoms with Crippen LogP contribution in [0.25, 0.3) is 0 Å². The van der Waals surface area contributed by atoms with Crippen molar-refractivity contribution in [1.29, 1.82) is 0 Å². The van der Waals surface area contributed by atoms with E-state index in [1.54, 1.807) is 0 Å². The van der Waals surface area contributed by atoms with E-state index in [1.807, 2.05) is 21.1 Å². The highest BCUT2D eigenvalue weighted by atomic mass is 31.2. The van der Waals surface area contributed by atoms with Crippen molar-refractivity contribution in [3.8, 4) is 0 Å². The van der Waals surface area contributed by atoms with Crippen LogP contribution in [0.3, 0.4) is 0 Å². The standard InChI is InChI=1S/C49H99N2O6P/c1-6-8-10-12-14-16-18-20-22-24-25-26-27-29-31-33-35-37-39-41-43-49(53)50-47(46-57-58(54,55)56-45-44-51(3,4)5)48(52)42-40-38-36-34-32-30-28-23-21-19-17-15-13-11-9-7-2/h25-26,47-48,52H,6-24,27-46H2,1-5H3,(H-,50,53,54,55)/b26-25-. The molecule has 0 aromatic heterocycles. The van der Waals surface area contributed by atoms with Gasteiger partial charge in [-0.25, -0.2) is 0 Å². The Morgan fingerprint density at radius 2 is 0.948 bits per heavy atom. The molecule has 0 saturated carbocycles. The van der Waals surface area contributed by atoms with Crippen molar-refractivity contribution in [3.05, 3.63) is 12.2 Å². The summed E-state index contributed by atoms with van der Waals surface area (Å²) in [4.78, 5) is 25.4. The average Bonchev–Trinajstić information content (AvgIpc) is 3.17. The number of carbonyl (C=O) groups is 1. The van der Waals surface area contributed by atoms with Crippen molar-refractivity contribution < 1.29 is 32.9 Å². The molecule has 0 fully saturated rings. The molecule has 0 heterocycles. The number of quaternary nitrogens is 1. The average molecular weight is 843 g/mol. The van der Waals surface area contributed by atoms with Crippen LogP contribution >= 0.6 is 7.82 Å². The molecular formula is C49H99N2O6P. The summed E-state index contributed by atoms with van der Waals surface area (Å²) in [6.07, 6.45) is 47.9. The Morgan fingerprint density at radius 1 is 0.586 bits per heavy atom. The second-order valence-electron chi connectivity index (χ2n) is 18.5. The first-order chi connectivity index (χ1) is 28.0. The molecule has 3 unspecified atom stereocenters. The highest BCUT2D eigenvalue weighted by Gasteiger charge is 2.24. The summed E-state index contributed by atoms with van der Waals surface area (Å²) in [5.41, 5.74) is 0. The van der Waals surface area contributed by atoms with Gasteiger partial charge in [0, 0.05) is 6.42 Å². The molecule has 0 aromatic carbocycles. The summed E-state index contributed by atoms with van der Waals surface area (Å²) in [5, 5.41) is 14.0. The smallest absolute Gasteiger partial charge is 0.268 e. The van der Waals surface area contributed by atoms with Gasteiger partial charge in [0.25, 0.3) is 7.82 Å². The van der Waals surface area contributed by atoms with Crippen molar-refractivity contribution in [2.45, 2.75) is 257 Å². The number of hydrogen-bond acceptors (Lipinski definition) is 6. The second-order valence-corrected chi connectivity index (χ2v) is 19.9. The van der Waals surface area contributed by atoms with Crippen LogP contribution in [0.5, 0.6) is 0 Å². The quantitative estimate of drug-likeness (QED) is 0.0273. The van der Waals surface area contributed by atoms with E-state index in [0.29, 0.717) is 23.9 Å². The molecule has 1 amide bonds. The number of carbonyl (C=O) groups excluding carboxylic acids is 1. The molecule has 346 valence electrons. The van der Waals surface area contributed by atoms with Gasteiger partial charge in [0.05, 0.1) is 39.9 Å². The van der Waals surface area contributed by atoms with Crippen molar-refractivity contribution in [1.82, 2.24) is 5.32 Å². The predicted octanol–water partition coefficient (Wildman–Crippen LogP) is 13.7. The van der Waals surface area contributed by atoms with E-state index in [0.717, 1.165) is 38.5 Å². The third kappa shape index (κ3) is 43.3. The van der Waals surface area contributed by atoms with Gasteiger partial charge in [0.1, 0.15) is 13.2 Å². The number of hydrogen-bond donors (Lipinski definition) is 2. The maximum Gasteiger partial charge on any atom is 0.268 e. The maximum absolute atomic E-state index is 12.9. The van der Waals surface area contributed by atoms with E-state index < -0.39 is 20.0 Å². The van der Waals surface area contributed by atoms with Crippen LogP contribution in [0.4, 0.5) is 0 Å². The second kappa shape index (κ2) is 41.6. The third-order valence-corrected chi connectivity index (χ3v) is 12.5. The molecule has 8 nitrogen and oxygen atoms in total. The molecule has 0 aliphatic heterocycles. The fourth-order valence-electron chi connectivity index (χ4n) is 7.51. The molecule has 0 aromatic rings. The number of aliphatic hydroxyl groups is 1. The zero-order chi connectivity index (χ0) is 42.8. The molecule has 0 rings (SSSR count). The highest BCUT2D eigenvalue weighted by Crippen LogP contribution is 2.38. The number of unbranched alkanes of at least 4 members (excludes halogenated alkanes) is 31. The number of amides is 1. The number of phosphoric ester groups is 1. The van der Waals surface area contributed by atoms with Gasteiger partial charge >= 0.3 is 0 Å².